The van der Waals surface area contributed by atoms with Gasteiger partial charge in [-0.05, 0) is 31.4 Å². The van der Waals surface area contributed by atoms with Gasteiger partial charge in [-0.25, -0.2) is 0 Å². The van der Waals surface area contributed by atoms with E-state index in [0.29, 0.717) is 24.7 Å². The molecule has 0 rings (SSSR count). The molecule has 0 saturated carbocycles. The van der Waals surface area contributed by atoms with Crippen LogP contribution in [0, 0.1) is 5.92 Å². The standard InChI is InChI=1S/C12H21F3O2S/c1-4-17-11(16)10(8-9(2)3)18-7-5-6-12(13,14)15/h9-10H,4-8H2,1-3H3. The Kier molecular flexibility index (Phi) is 8.48. The Hall–Kier alpha value is -0.390. The molecule has 0 heterocycles. The number of hydrogen-bond donors (Lipinski definition) is 0. The van der Waals surface area contributed by atoms with E-state index in [1.807, 2.05) is 13.8 Å². The molecular formula is C12H21F3O2S. The maximum atomic E-state index is 12.0. The zero-order valence-corrected chi connectivity index (χ0v) is 11.9. The fourth-order valence-corrected chi connectivity index (χ4v) is 2.71. The molecule has 0 aromatic rings. The predicted octanol–water partition coefficient (Wildman–Crippen LogP) is 4.04. The molecule has 0 aromatic heterocycles. The third-order valence-corrected chi connectivity index (χ3v) is 3.47. The largest absolute Gasteiger partial charge is 0.465 e. The van der Waals surface area contributed by atoms with Gasteiger partial charge in [-0.2, -0.15) is 13.2 Å². The molecule has 0 N–H and O–H groups in total. The Labute approximate surface area is 111 Å². The van der Waals surface area contributed by atoms with Crippen LogP contribution < -0.4 is 0 Å². The lowest BCUT2D eigenvalue weighted by atomic mass is 10.1. The molecule has 18 heavy (non-hydrogen) atoms. The van der Waals surface area contributed by atoms with E-state index < -0.39 is 12.6 Å². The van der Waals surface area contributed by atoms with Crippen LogP contribution in [0.5, 0.6) is 0 Å². The van der Waals surface area contributed by atoms with Gasteiger partial charge in [-0.3, -0.25) is 4.79 Å². The first-order valence-electron chi connectivity index (χ1n) is 6.11. The number of alkyl halides is 3. The van der Waals surface area contributed by atoms with Gasteiger partial charge >= 0.3 is 12.1 Å². The number of ether oxygens (including phenoxy) is 1. The molecular weight excluding hydrogens is 265 g/mol. The lowest BCUT2D eigenvalue weighted by Gasteiger charge is -2.17. The van der Waals surface area contributed by atoms with E-state index in [0.717, 1.165) is 0 Å². The smallest absolute Gasteiger partial charge is 0.389 e. The van der Waals surface area contributed by atoms with Gasteiger partial charge in [0.05, 0.1) is 6.61 Å². The fourth-order valence-electron chi connectivity index (χ4n) is 1.39. The molecule has 0 spiro atoms. The third kappa shape index (κ3) is 9.62. The van der Waals surface area contributed by atoms with Crippen molar-refractivity contribution >= 4 is 17.7 Å². The Morgan fingerprint density at radius 1 is 1.33 bits per heavy atom. The van der Waals surface area contributed by atoms with Crippen molar-refractivity contribution in [1.29, 1.82) is 0 Å². The topological polar surface area (TPSA) is 26.3 Å². The molecule has 0 saturated heterocycles. The number of hydrogen-bond acceptors (Lipinski definition) is 3. The van der Waals surface area contributed by atoms with E-state index in [1.54, 1.807) is 6.92 Å². The molecule has 1 atom stereocenters. The van der Waals surface area contributed by atoms with Crippen molar-refractivity contribution in [2.24, 2.45) is 5.92 Å². The van der Waals surface area contributed by atoms with Gasteiger partial charge in [0.15, 0.2) is 0 Å². The van der Waals surface area contributed by atoms with Gasteiger partial charge < -0.3 is 4.74 Å². The first-order chi connectivity index (χ1) is 8.26. The zero-order valence-electron chi connectivity index (χ0n) is 11.0. The summed E-state index contributed by atoms with van der Waals surface area (Å²) in [6, 6.07) is 0. The van der Waals surface area contributed by atoms with Crippen LogP contribution >= 0.6 is 11.8 Å². The van der Waals surface area contributed by atoms with Gasteiger partial charge in [0, 0.05) is 6.42 Å². The van der Waals surface area contributed by atoms with E-state index in [2.05, 4.69) is 0 Å². The van der Waals surface area contributed by atoms with Gasteiger partial charge in [-0.15, -0.1) is 11.8 Å². The number of halogens is 3. The SMILES string of the molecule is CCOC(=O)C(CC(C)C)SCCCC(F)(F)F. The molecule has 0 aromatic carbocycles. The number of rotatable bonds is 8. The quantitative estimate of drug-likeness (QED) is 0.497. The van der Waals surface area contributed by atoms with Crippen molar-refractivity contribution in [3.8, 4) is 0 Å². The van der Waals surface area contributed by atoms with E-state index in [4.69, 9.17) is 4.74 Å². The van der Waals surface area contributed by atoms with Crippen LogP contribution in [0.1, 0.15) is 40.0 Å². The Morgan fingerprint density at radius 2 is 1.94 bits per heavy atom. The summed E-state index contributed by atoms with van der Waals surface area (Å²) in [4.78, 5) is 11.6. The van der Waals surface area contributed by atoms with Crippen molar-refractivity contribution < 1.29 is 22.7 Å². The number of esters is 1. The van der Waals surface area contributed by atoms with Crippen LogP contribution in [0.2, 0.25) is 0 Å². The first-order valence-corrected chi connectivity index (χ1v) is 7.16. The average Bonchev–Trinajstić information content (AvgIpc) is 2.21. The Bertz CT molecular complexity index is 242. The van der Waals surface area contributed by atoms with Crippen LogP contribution in [-0.2, 0) is 9.53 Å². The number of carbonyl (C=O) groups excluding carboxylic acids is 1. The molecule has 0 fully saturated rings. The molecule has 0 radical (unpaired) electrons. The first kappa shape index (κ1) is 17.6. The highest BCUT2D eigenvalue weighted by molar-refractivity contribution is 8.00. The summed E-state index contributed by atoms with van der Waals surface area (Å²) in [6.07, 6.45) is -4.23. The average molecular weight is 286 g/mol. The van der Waals surface area contributed by atoms with Crippen molar-refractivity contribution in [3.05, 3.63) is 0 Å². The predicted molar refractivity (Wildman–Crippen MR) is 67.6 cm³/mol. The lowest BCUT2D eigenvalue weighted by Crippen LogP contribution is -2.22. The van der Waals surface area contributed by atoms with Crippen LogP contribution in [0.25, 0.3) is 0 Å². The fraction of sp³-hybridized carbons (Fsp3) is 0.917. The Balaban J connectivity index is 4.05. The van der Waals surface area contributed by atoms with Crippen LogP contribution in [0.4, 0.5) is 13.2 Å². The molecule has 0 amide bonds. The van der Waals surface area contributed by atoms with Gasteiger partial charge in [-0.1, -0.05) is 13.8 Å². The molecule has 0 aliphatic carbocycles. The second kappa shape index (κ2) is 8.67. The highest BCUT2D eigenvalue weighted by Gasteiger charge is 2.27. The van der Waals surface area contributed by atoms with E-state index >= 15 is 0 Å². The summed E-state index contributed by atoms with van der Waals surface area (Å²) in [5.41, 5.74) is 0. The van der Waals surface area contributed by atoms with Crippen molar-refractivity contribution in [3.63, 3.8) is 0 Å². The highest BCUT2D eigenvalue weighted by atomic mass is 32.2. The highest BCUT2D eigenvalue weighted by Crippen LogP contribution is 2.26. The van der Waals surface area contributed by atoms with Gasteiger partial charge in [0.2, 0.25) is 0 Å². The van der Waals surface area contributed by atoms with Crippen LogP contribution in [0.3, 0.4) is 0 Å². The van der Waals surface area contributed by atoms with E-state index in [-0.39, 0.29) is 17.6 Å². The van der Waals surface area contributed by atoms with E-state index in [9.17, 15) is 18.0 Å². The summed E-state index contributed by atoms with van der Waals surface area (Å²) >= 11 is 1.26. The molecule has 6 heteroatoms. The minimum absolute atomic E-state index is 0.0438. The van der Waals surface area contributed by atoms with Crippen molar-refractivity contribution in [2.75, 3.05) is 12.4 Å². The lowest BCUT2D eigenvalue weighted by molar-refractivity contribution is -0.142. The molecule has 1 unspecified atom stereocenters. The zero-order chi connectivity index (χ0) is 14.2. The maximum absolute atomic E-state index is 12.0. The van der Waals surface area contributed by atoms with Crippen molar-refractivity contribution in [2.45, 2.75) is 51.5 Å². The minimum Gasteiger partial charge on any atom is -0.465 e. The maximum Gasteiger partial charge on any atom is 0.389 e. The summed E-state index contributed by atoms with van der Waals surface area (Å²) in [5.74, 6) is 0.327. The summed E-state index contributed by atoms with van der Waals surface area (Å²) in [6.45, 7) is 5.97. The summed E-state index contributed by atoms with van der Waals surface area (Å²) < 4.78 is 40.8. The molecule has 108 valence electrons. The number of carbonyl (C=O) groups is 1. The molecule has 2 nitrogen and oxygen atoms in total. The molecule has 0 aliphatic rings. The van der Waals surface area contributed by atoms with Gasteiger partial charge in [0.1, 0.15) is 5.25 Å². The summed E-state index contributed by atoms with van der Waals surface area (Å²) in [5, 5.41) is -0.349. The second-order valence-electron chi connectivity index (χ2n) is 4.46. The summed E-state index contributed by atoms with van der Waals surface area (Å²) in [7, 11) is 0. The third-order valence-electron chi connectivity index (χ3n) is 2.16. The molecule has 0 bridgehead atoms. The van der Waals surface area contributed by atoms with Crippen LogP contribution in [0.15, 0.2) is 0 Å². The van der Waals surface area contributed by atoms with Crippen molar-refractivity contribution in [1.82, 2.24) is 0 Å². The van der Waals surface area contributed by atoms with Crippen LogP contribution in [-0.4, -0.2) is 29.8 Å². The second-order valence-corrected chi connectivity index (χ2v) is 5.77. The normalized spacial score (nSPS) is 13.7. The minimum atomic E-state index is -4.11. The number of thioether (sulfide) groups is 1. The Morgan fingerprint density at radius 3 is 2.39 bits per heavy atom. The van der Waals surface area contributed by atoms with Gasteiger partial charge in [0.25, 0.3) is 0 Å². The molecule has 0 aliphatic heterocycles. The van der Waals surface area contributed by atoms with E-state index in [1.165, 1.54) is 11.8 Å². The monoisotopic (exact) mass is 286 g/mol.